The minimum atomic E-state index is -0.455. The molecule has 0 aliphatic heterocycles. The first-order valence-electron chi connectivity index (χ1n) is 6.10. The van der Waals surface area contributed by atoms with E-state index in [0.29, 0.717) is 21.5 Å². The molecule has 0 aliphatic rings. The Hall–Kier alpha value is -0.940. The maximum Gasteiger partial charge on any atom is 0.146 e. The quantitative estimate of drug-likeness (QED) is 0.813. The van der Waals surface area contributed by atoms with Crippen LogP contribution in [-0.2, 0) is 0 Å². The SMILES string of the molecule is COc1ccc(C(N)c2ccc(Br)cc2Cl)c(OC)c1Cl. The fraction of sp³-hybridized carbons (Fsp3) is 0.200. The van der Waals surface area contributed by atoms with E-state index in [4.69, 9.17) is 38.4 Å². The lowest BCUT2D eigenvalue weighted by molar-refractivity contribution is 0.390. The van der Waals surface area contributed by atoms with E-state index in [-0.39, 0.29) is 0 Å². The molecular formula is C15H14BrCl2NO2. The van der Waals surface area contributed by atoms with Gasteiger partial charge in [-0.05, 0) is 29.8 Å². The molecule has 2 N–H and O–H groups in total. The molecule has 0 aromatic heterocycles. The van der Waals surface area contributed by atoms with Gasteiger partial charge in [-0.15, -0.1) is 0 Å². The van der Waals surface area contributed by atoms with Gasteiger partial charge >= 0.3 is 0 Å². The Bertz CT molecular complexity index is 664. The van der Waals surface area contributed by atoms with Crippen molar-refractivity contribution in [2.75, 3.05) is 14.2 Å². The van der Waals surface area contributed by atoms with E-state index >= 15 is 0 Å². The normalized spacial score (nSPS) is 12.1. The van der Waals surface area contributed by atoms with Gasteiger partial charge in [0.25, 0.3) is 0 Å². The van der Waals surface area contributed by atoms with E-state index < -0.39 is 6.04 Å². The number of halogens is 3. The fourth-order valence-electron chi connectivity index (χ4n) is 2.08. The molecule has 0 radical (unpaired) electrons. The molecule has 0 spiro atoms. The highest BCUT2D eigenvalue weighted by molar-refractivity contribution is 9.10. The van der Waals surface area contributed by atoms with E-state index in [1.54, 1.807) is 26.4 Å². The fourth-order valence-corrected chi connectivity index (χ4v) is 3.20. The third-order valence-corrected chi connectivity index (χ3v) is 4.33. The summed E-state index contributed by atoms with van der Waals surface area (Å²) in [6.45, 7) is 0. The molecule has 0 saturated heterocycles. The topological polar surface area (TPSA) is 44.5 Å². The Kier molecular flexibility index (Phi) is 5.38. The first kappa shape index (κ1) is 16.4. The van der Waals surface area contributed by atoms with Crippen molar-refractivity contribution in [3.63, 3.8) is 0 Å². The second kappa shape index (κ2) is 6.88. The van der Waals surface area contributed by atoms with E-state index in [1.807, 2.05) is 18.2 Å². The summed E-state index contributed by atoms with van der Waals surface area (Å²) in [4.78, 5) is 0. The van der Waals surface area contributed by atoms with Gasteiger partial charge in [0.2, 0.25) is 0 Å². The van der Waals surface area contributed by atoms with Crippen LogP contribution in [0.4, 0.5) is 0 Å². The highest BCUT2D eigenvalue weighted by atomic mass is 79.9. The maximum atomic E-state index is 6.32. The van der Waals surface area contributed by atoms with Crippen LogP contribution in [0, 0.1) is 0 Å². The zero-order valence-corrected chi connectivity index (χ0v) is 14.6. The largest absolute Gasteiger partial charge is 0.495 e. The molecule has 21 heavy (non-hydrogen) atoms. The summed E-state index contributed by atoms with van der Waals surface area (Å²) in [6.07, 6.45) is 0. The van der Waals surface area contributed by atoms with Crippen molar-refractivity contribution < 1.29 is 9.47 Å². The van der Waals surface area contributed by atoms with E-state index in [9.17, 15) is 0 Å². The molecule has 0 amide bonds. The third kappa shape index (κ3) is 3.29. The molecule has 1 unspecified atom stereocenters. The molecule has 1 atom stereocenters. The van der Waals surface area contributed by atoms with Gasteiger partial charge in [0.1, 0.15) is 16.5 Å². The number of methoxy groups -OCH3 is 2. The summed E-state index contributed by atoms with van der Waals surface area (Å²) < 4.78 is 11.5. The van der Waals surface area contributed by atoms with Crippen molar-refractivity contribution in [3.05, 3.63) is 56.0 Å². The molecular weight excluding hydrogens is 377 g/mol. The standard InChI is InChI=1S/C15H14BrCl2NO2/c1-20-12-6-5-10(15(21-2)13(12)18)14(19)9-4-3-8(16)7-11(9)17/h3-7,14H,19H2,1-2H3. The van der Waals surface area contributed by atoms with Crippen LogP contribution in [-0.4, -0.2) is 14.2 Å². The zero-order valence-electron chi connectivity index (χ0n) is 11.5. The smallest absolute Gasteiger partial charge is 0.146 e. The lowest BCUT2D eigenvalue weighted by Gasteiger charge is -2.19. The van der Waals surface area contributed by atoms with Gasteiger partial charge in [-0.1, -0.05) is 45.2 Å². The van der Waals surface area contributed by atoms with Crippen LogP contribution in [0.1, 0.15) is 17.2 Å². The Morgan fingerprint density at radius 2 is 1.71 bits per heavy atom. The molecule has 0 fully saturated rings. The maximum absolute atomic E-state index is 6.32. The average molecular weight is 391 g/mol. The average Bonchev–Trinajstić information content (AvgIpc) is 2.46. The molecule has 0 saturated carbocycles. The van der Waals surface area contributed by atoms with E-state index in [2.05, 4.69) is 15.9 Å². The van der Waals surface area contributed by atoms with Crippen LogP contribution < -0.4 is 15.2 Å². The molecule has 2 rings (SSSR count). The Morgan fingerprint density at radius 1 is 1.05 bits per heavy atom. The molecule has 3 nitrogen and oxygen atoms in total. The number of hydrogen-bond acceptors (Lipinski definition) is 3. The number of hydrogen-bond donors (Lipinski definition) is 1. The van der Waals surface area contributed by atoms with Crippen molar-refractivity contribution in [2.24, 2.45) is 5.73 Å². The summed E-state index contributed by atoms with van der Waals surface area (Å²) in [5.41, 5.74) is 7.86. The van der Waals surface area contributed by atoms with Gasteiger partial charge in [-0.25, -0.2) is 0 Å². The predicted octanol–water partition coefficient (Wildman–Crippen LogP) is 4.82. The van der Waals surface area contributed by atoms with Gasteiger partial charge in [0, 0.05) is 15.1 Å². The summed E-state index contributed by atoms with van der Waals surface area (Å²) in [7, 11) is 3.09. The number of rotatable bonds is 4. The minimum Gasteiger partial charge on any atom is -0.495 e. The summed E-state index contributed by atoms with van der Waals surface area (Å²) in [6, 6.07) is 8.69. The van der Waals surface area contributed by atoms with Crippen LogP contribution in [0.15, 0.2) is 34.8 Å². The summed E-state index contributed by atoms with van der Waals surface area (Å²) in [5.74, 6) is 1.02. The molecule has 2 aromatic carbocycles. The van der Waals surface area contributed by atoms with Crippen LogP contribution in [0.3, 0.4) is 0 Å². The number of benzene rings is 2. The van der Waals surface area contributed by atoms with Crippen LogP contribution in [0.2, 0.25) is 10.0 Å². The second-order valence-electron chi connectivity index (χ2n) is 4.35. The van der Waals surface area contributed by atoms with Gasteiger partial charge in [0.05, 0.1) is 20.3 Å². The molecule has 2 aromatic rings. The molecule has 6 heteroatoms. The monoisotopic (exact) mass is 389 g/mol. The van der Waals surface area contributed by atoms with E-state index in [0.717, 1.165) is 15.6 Å². The van der Waals surface area contributed by atoms with Crippen molar-refractivity contribution in [3.8, 4) is 11.5 Å². The van der Waals surface area contributed by atoms with Gasteiger partial charge in [-0.3, -0.25) is 0 Å². The molecule has 0 heterocycles. The minimum absolute atomic E-state index is 0.390. The lowest BCUT2D eigenvalue weighted by atomic mass is 9.98. The van der Waals surface area contributed by atoms with Gasteiger partial charge in [-0.2, -0.15) is 0 Å². The molecule has 0 bridgehead atoms. The first-order chi connectivity index (χ1) is 9.99. The zero-order chi connectivity index (χ0) is 15.6. The first-order valence-corrected chi connectivity index (χ1v) is 7.65. The highest BCUT2D eigenvalue weighted by Crippen LogP contribution is 2.41. The van der Waals surface area contributed by atoms with Gasteiger partial charge in [0.15, 0.2) is 0 Å². The van der Waals surface area contributed by atoms with Crippen molar-refractivity contribution in [1.29, 1.82) is 0 Å². The van der Waals surface area contributed by atoms with Crippen molar-refractivity contribution >= 4 is 39.1 Å². The van der Waals surface area contributed by atoms with Crippen LogP contribution in [0.25, 0.3) is 0 Å². The van der Waals surface area contributed by atoms with E-state index in [1.165, 1.54) is 0 Å². The third-order valence-electron chi connectivity index (χ3n) is 3.15. The number of nitrogens with two attached hydrogens (primary N) is 1. The summed E-state index contributed by atoms with van der Waals surface area (Å²) in [5, 5.41) is 0.965. The van der Waals surface area contributed by atoms with Crippen molar-refractivity contribution in [2.45, 2.75) is 6.04 Å². The van der Waals surface area contributed by atoms with Crippen LogP contribution >= 0.6 is 39.1 Å². The summed E-state index contributed by atoms with van der Waals surface area (Å²) >= 11 is 15.9. The second-order valence-corrected chi connectivity index (χ2v) is 6.05. The van der Waals surface area contributed by atoms with Crippen LogP contribution in [0.5, 0.6) is 11.5 Å². The highest BCUT2D eigenvalue weighted by Gasteiger charge is 2.21. The lowest BCUT2D eigenvalue weighted by Crippen LogP contribution is -2.14. The van der Waals surface area contributed by atoms with Crippen molar-refractivity contribution in [1.82, 2.24) is 0 Å². The Morgan fingerprint density at radius 3 is 2.29 bits per heavy atom. The number of ether oxygens (including phenoxy) is 2. The van der Waals surface area contributed by atoms with Gasteiger partial charge < -0.3 is 15.2 Å². The molecule has 112 valence electrons. The Balaban J connectivity index is 2.52. The predicted molar refractivity (Wildman–Crippen MR) is 89.7 cm³/mol. The molecule has 0 aliphatic carbocycles. The Labute approximate surface area is 142 Å².